The molecule has 0 saturated heterocycles. The van der Waals surface area contributed by atoms with Gasteiger partial charge in [-0.1, -0.05) is 0 Å². The smallest absolute Gasteiger partial charge is 0.335 e. The molecule has 6 rings (SSSR count). The van der Waals surface area contributed by atoms with Crippen molar-refractivity contribution in [3.05, 3.63) is 53.1 Å². The van der Waals surface area contributed by atoms with Crippen molar-refractivity contribution in [3.8, 4) is 11.5 Å². The number of phenols is 1. The molecule has 30 heavy (non-hydrogen) atoms. The minimum atomic E-state index is -0.960. The molecule has 0 heterocycles. The fourth-order valence-corrected chi connectivity index (χ4v) is 6.55. The number of phenolic OH excluding ortho intramolecular Hbond substituents is 1. The van der Waals surface area contributed by atoms with Gasteiger partial charge in [0.1, 0.15) is 11.5 Å². The largest absolute Gasteiger partial charge is 0.507 e. The van der Waals surface area contributed by atoms with Crippen molar-refractivity contribution in [2.24, 2.45) is 22.7 Å². The molecule has 4 saturated carbocycles. The summed E-state index contributed by atoms with van der Waals surface area (Å²) < 4.78 is 5.71. The Morgan fingerprint density at radius 1 is 1.07 bits per heavy atom. The van der Waals surface area contributed by atoms with Crippen molar-refractivity contribution < 1.29 is 19.7 Å². The fourth-order valence-electron chi connectivity index (χ4n) is 6.55. The minimum Gasteiger partial charge on any atom is -0.507 e. The molecule has 0 atom stereocenters. The summed E-state index contributed by atoms with van der Waals surface area (Å²) in [6.07, 6.45) is 9.43. The van der Waals surface area contributed by atoms with Gasteiger partial charge in [-0.3, -0.25) is 4.99 Å². The Morgan fingerprint density at radius 2 is 1.67 bits per heavy atom. The third kappa shape index (κ3) is 3.26. The van der Waals surface area contributed by atoms with E-state index in [1.165, 1.54) is 56.2 Å². The van der Waals surface area contributed by atoms with Crippen molar-refractivity contribution in [2.75, 3.05) is 7.11 Å². The van der Waals surface area contributed by atoms with Crippen LogP contribution in [0, 0.1) is 17.8 Å². The van der Waals surface area contributed by atoms with Crippen LogP contribution in [0.3, 0.4) is 0 Å². The van der Waals surface area contributed by atoms with Crippen LogP contribution in [0.1, 0.15) is 60.0 Å². The SMILES string of the molecule is COc1cc(O)c(C=Nc2ccc(C(=O)O)cc2)cc1C12CC3CC(CC(C3)C1)C2. The topological polar surface area (TPSA) is 79.1 Å². The average Bonchev–Trinajstić information content (AvgIpc) is 2.71. The molecule has 4 fully saturated rings. The molecule has 0 aliphatic heterocycles. The summed E-state index contributed by atoms with van der Waals surface area (Å²) in [5.74, 6) is 2.42. The highest BCUT2D eigenvalue weighted by atomic mass is 16.5. The minimum absolute atomic E-state index is 0.145. The normalized spacial score (nSPS) is 29.4. The van der Waals surface area contributed by atoms with Crippen LogP contribution in [0.5, 0.6) is 11.5 Å². The van der Waals surface area contributed by atoms with Crippen LogP contribution in [-0.2, 0) is 5.41 Å². The number of carbonyl (C=O) groups is 1. The van der Waals surface area contributed by atoms with E-state index >= 15 is 0 Å². The Kier molecular flexibility index (Phi) is 4.57. The molecule has 2 aromatic carbocycles. The van der Waals surface area contributed by atoms with E-state index in [2.05, 4.69) is 11.1 Å². The number of carboxylic acids is 1. The monoisotopic (exact) mass is 405 g/mol. The predicted molar refractivity (Wildman–Crippen MR) is 115 cm³/mol. The number of aromatic hydroxyl groups is 1. The van der Waals surface area contributed by atoms with E-state index in [4.69, 9.17) is 9.84 Å². The number of aromatic carboxylic acids is 1. The van der Waals surface area contributed by atoms with Crippen LogP contribution >= 0.6 is 0 Å². The van der Waals surface area contributed by atoms with Gasteiger partial charge in [-0.25, -0.2) is 4.79 Å². The molecule has 156 valence electrons. The molecule has 2 aromatic rings. The highest BCUT2D eigenvalue weighted by Gasteiger charge is 2.52. The molecular weight excluding hydrogens is 378 g/mol. The van der Waals surface area contributed by atoms with Gasteiger partial charge in [-0.05, 0) is 92.0 Å². The zero-order valence-corrected chi connectivity index (χ0v) is 17.2. The van der Waals surface area contributed by atoms with Gasteiger partial charge in [0.25, 0.3) is 0 Å². The molecule has 0 aromatic heterocycles. The van der Waals surface area contributed by atoms with Gasteiger partial charge in [-0.2, -0.15) is 0 Å². The predicted octanol–water partition coefficient (Wildman–Crippen LogP) is 5.32. The Labute approximate surface area is 176 Å². The Hall–Kier alpha value is -2.82. The zero-order chi connectivity index (χ0) is 20.9. The second-order valence-corrected chi connectivity index (χ2v) is 9.42. The Balaban J connectivity index is 1.49. The van der Waals surface area contributed by atoms with Crippen molar-refractivity contribution in [3.63, 3.8) is 0 Å². The Bertz CT molecular complexity index is 973. The first-order valence-corrected chi connectivity index (χ1v) is 10.7. The summed E-state index contributed by atoms with van der Waals surface area (Å²) in [5.41, 5.74) is 2.91. The number of methoxy groups -OCH3 is 1. The summed E-state index contributed by atoms with van der Waals surface area (Å²) in [6.45, 7) is 0. The second kappa shape index (κ2) is 7.15. The highest BCUT2D eigenvalue weighted by Crippen LogP contribution is 2.62. The first-order valence-electron chi connectivity index (χ1n) is 10.7. The third-order valence-electron chi connectivity index (χ3n) is 7.43. The Morgan fingerprint density at radius 3 is 2.20 bits per heavy atom. The number of benzene rings is 2. The molecular formula is C25H27NO4. The molecule has 0 radical (unpaired) electrons. The quantitative estimate of drug-likeness (QED) is 0.660. The van der Waals surface area contributed by atoms with Crippen LogP contribution in [0.15, 0.2) is 41.4 Å². The lowest BCUT2D eigenvalue weighted by molar-refractivity contribution is -0.00618. The average molecular weight is 405 g/mol. The zero-order valence-electron chi connectivity index (χ0n) is 17.2. The fraction of sp³-hybridized carbons (Fsp3) is 0.440. The molecule has 4 aliphatic carbocycles. The van der Waals surface area contributed by atoms with Gasteiger partial charge < -0.3 is 14.9 Å². The summed E-state index contributed by atoms with van der Waals surface area (Å²) in [4.78, 5) is 15.5. The molecule has 4 bridgehead atoms. The van der Waals surface area contributed by atoms with E-state index in [0.717, 1.165) is 23.5 Å². The van der Waals surface area contributed by atoms with E-state index in [1.807, 2.05) is 0 Å². The highest BCUT2D eigenvalue weighted by molar-refractivity contribution is 5.89. The van der Waals surface area contributed by atoms with Crippen molar-refractivity contribution in [1.29, 1.82) is 0 Å². The van der Waals surface area contributed by atoms with Gasteiger partial charge in [0.05, 0.1) is 18.4 Å². The van der Waals surface area contributed by atoms with Gasteiger partial charge in [0, 0.05) is 23.4 Å². The lowest BCUT2D eigenvalue weighted by Gasteiger charge is -2.57. The standard InChI is InChI=1S/C25H27NO4/c1-30-23-10-22(27)19(14-26-20-4-2-18(3-5-20)24(28)29)9-21(23)25-11-15-6-16(12-25)8-17(7-15)13-25/h2-5,9-10,14-17,27H,6-8,11-13H2,1H3,(H,28,29). The number of nitrogens with zero attached hydrogens (tertiary/aromatic N) is 1. The van der Waals surface area contributed by atoms with E-state index < -0.39 is 5.97 Å². The van der Waals surface area contributed by atoms with E-state index in [0.29, 0.717) is 11.3 Å². The third-order valence-corrected chi connectivity index (χ3v) is 7.43. The van der Waals surface area contributed by atoms with Crippen LogP contribution in [-0.4, -0.2) is 29.5 Å². The molecule has 5 nitrogen and oxygen atoms in total. The summed E-state index contributed by atoms with van der Waals surface area (Å²) >= 11 is 0. The van der Waals surface area contributed by atoms with E-state index in [-0.39, 0.29) is 16.7 Å². The van der Waals surface area contributed by atoms with Gasteiger partial charge in [-0.15, -0.1) is 0 Å². The van der Waals surface area contributed by atoms with Crippen molar-refractivity contribution >= 4 is 17.9 Å². The number of ether oxygens (including phenoxy) is 1. The van der Waals surface area contributed by atoms with Gasteiger partial charge >= 0.3 is 5.97 Å². The van der Waals surface area contributed by atoms with Crippen molar-refractivity contribution in [1.82, 2.24) is 0 Å². The van der Waals surface area contributed by atoms with Crippen LogP contribution in [0.2, 0.25) is 0 Å². The number of aliphatic imine (C=N–C) groups is 1. The first-order chi connectivity index (χ1) is 14.5. The number of hydrogen-bond acceptors (Lipinski definition) is 4. The van der Waals surface area contributed by atoms with Crippen LogP contribution in [0.25, 0.3) is 0 Å². The molecule has 0 amide bonds. The molecule has 5 heteroatoms. The molecule has 2 N–H and O–H groups in total. The second-order valence-electron chi connectivity index (χ2n) is 9.42. The maximum Gasteiger partial charge on any atom is 0.335 e. The summed E-state index contributed by atoms with van der Waals surface area (Å²) in [7, 11) is 1.68. The van der Waals surface area contributed by atoms with Crippen LogP contribution < -0.4 is 4.74 Å². The molecule has 0 spiro atoms. The van der Waals surface area contributed by atoms with E-state index in [1.54, 1.807) is 31.5 Å². The van der Waals surface area contributed by atoms with Gasteiger partial charge in [0.2, 0.25) is 0 Å². The number of hydrogen-bond donors (Lipinski definition) is 2. The lowest BCUT2D eigenvalue weighted by Crippen LogP contribution is -2.48. The molecule has 0 unspecified atom stereocenters. The maximum atomic E-state index is 11.0. The van der Waals surface area contributed by atoms with Gasteiger partial charge in [0.15, 0.2) is 0 Å². The van der Waals surface area contributed by atoms with Crippen LogP contribution in [0.4, 0.5) is 5.69 Å². The molecule has 4 aliphatic rings. The maximum absolute atomic E-state index is 11.0. The first kappa shape index (κ1) is 19.2. The van der Waals surface area contributed by atoms with E-state index in [9.17, 15) is 9.90 Å². The number of rotatable bonds is 5. The van der Waals surface area contributed by atoms with Crippen molar-refractivity contribution in [2.45, 2.75) is 43.9 Å². The number of carboxylic acid groups (broad SMARTS) is 1. The summed E-state index contributed by atoms with van der Waals surface area (Å²) in [6, 6.07) is 10.2. The summed E-state index contributed by atoms with van der Waals surface area (Å²) in [5, 5.41) is 19.6. The lowest BCUT2D eigenvalue weighted by atomic mass is 9.48.